The van der Waals surface area contributed by atoms with Gasteiger partial charge in [-0.25, -0.2) is 0 Å². The maximum atomic E-state index is 12.7. The topological polar surface area (TPSA) is 41.1 Å². The van der Waals surface area contributed by atoms with Gasteiger partial charge in [-0.1, -0.05) is 50.6 Å². The number of hydrogen-bond acceptors (Lipinski definition) is 2. The average molecular weight is 311 g/mol. The highest BCUT2D eigenvalue weighted by atomic mass is 35.5. The fraction of sp³-hybridized carbons (Fsp3) is 0.588. The molecule has 1 amide bonds. The molecule has 21 heavy (non-hydrogen) atoms. The lowest BCUT2D eigenvalue weighted by molar-refractivity contribution is -0.124. The van der Waals surface area contributed by atoms with Crippen LogP contribution >= 0.6 is 12.4 Å². The third-order valence-corrected chi connectivity index (χ3v) is 4.34. The zero-order valence-corrected chi connectivity index (χ0v) is 13.8. The van der Waals surface area contributed by atoms with Crippen LogP contribution in [-0.2, 0) is 4.79 Å². The second kappa shape index (κ2) is 9.06. The van der Waals surface area contributed by atoms with Crippen molar-refractivity contribution in [2.45, 2.75) is 45.1 Å². The van der Waals surface area contributed by atoms with E-state index in [-0.39, 0.29) is 24.2 Å². The molecule has 2 atom stereocenters. The Bertz CT molecular complexity index is 418. The van der Waals surface area contributed by atoms with Crippen molar-refractivity contribution in [1.82, 2.24) is 10.6 Å². The maximum Gasteiger partial charge on any atom is 0.228 e. The van der Waals surface area contributed by atoms with Crippen LogP contribution in [-0.4, -0.2) is 25.0 Å². The number of piperidine rings is 1. The molecule has 1 saturated heterocycles. The first kappa shape index (κ1) is 18.0. The van der Waals surface area contributed by atoms with Gasteiger partial charge < -0.3 is 10.6 Å². The zero-order valence-electron chi connectivity index (χ0n) is 13.0. The molecule has 0 bridgehead atoms. The van der Waals surface area contributed by atoms with Crippen LogP contribution in [0.2, 0.25) is 0 Å². The highest BCUT2D eigenvalue weighted by Crippen LogP contribution is 2.27. The first-order chi connectivity index (χ1) is 9.72. The number of halogens is 1. The van der Waals surface area contributed by atoms with Gasteiger partial charge in [0.15, 0.2) is 0 Å². The third-order valence-electron chi connectivity index (χ3n) is 4.34. The number of amides is 1. The molecule has 0 aromatic heterocycles. The number of nitrogens with one attached hydrogen (secondary N) is 2. The maximum absolute atomic E-state index is 12.7. The lowest BCUT2D eigenvalue weighted by atomic mass is 9.84. The molecule has 1 heterocycles. The molecular formula is C17H27ClN2O. The molecule has 1 fully saturated rings. The van der Waals surface area contributed by atoms with E-state index < -0.39 is 0 Å². The lowest BCUT2D eigenvalue weighted by Gasteiger charge is -2.28. The highest BCUT2D eigenvalue weighted by molar-refractivity contribution is 5.85. The van der Waals surface area contributed by atoms with Crippen LogP contribution in [0.5, 0.6) is 0 Å². The van der Waals surface area contributed by atoms with Gasteiger partial charge in [0, 0.05) is 6.04 Å². The number of carbonyl (C=O) groups is 1. The van der Waals surface area contributed by atoms with Gasteiger partial charge in [-0.15, -0.1) is 12.4 Å². The van der Waals surface area contributed by atoms with Crippen molar-refractivity contribution < 1.29 is 4.79 Å². The Morgan fingerprint density at radius 3 is 2.48 bits per heavy atom. The van der Waals surface area contributed by atoms with Crippen molar-refractivity contribution in [2.24, 2.45) is 5.92 Å². The van der Waals surface area contributed by atoms with Gasteiger partial charge >= 0.3 is 0 Å². The zero-order chi connectivity index (χ0) is 14.4. The number of hydrogen-bond donors (Lipinski definition) is 2. The van der Waals surface area contributed by atoms with E-state index in [0.717, 1.165) is 37.9 Å². The predicted molar refractivity (Wildman–Crippen MR) is 89.9 cm³/mol. The standard InChI is InChI=1S/C17H26N2O.ClH/c1-3-13(2)16(14-7-5-4-6-8-14)17(20)19-15-9-11-18-12-10-15;/h4-8,13,15-16,18H,3,9-12H2,1-2H3,(H,19,20);1H. The van der Waals surface area contributed by atoms with Gasteiger partial charge in [-0.05, 0) is 37.4 Å². The van der Waals surface area contributed by atoms with E-state index >= 15 is 0 Å². The average Bonchev–Trinajstić information content (AvgIpc) is 2.49. The van der Waals surface area contributed by atoms with E-state index in [1.807, 2.05) is 18.2 Å². The SMILES string of the molecule is CCC(C)C(C(=O)NC1CCNCC1)c1ccccc1.Cl. The van der Waals surface area contributed by atoms with Gasteiger partial charge in [0.1, 0.15) is 0 Å². The summed E-state index contributed by atoms with van der Waals surface area (Å²) in [4.78, 5) is 12.7. The van der Waals surface area contributed by atoms with Crippen molar-refractivity contribution in [3.63, 3.8) is 0 Å². The van der Waals surface area contributed by atoms with E-state index in [2.05, 4.69) is 36.6 Å². The van der Waals surface area contributed by atoms with Gasteiger partial charge in [0.25, 0.3) is 0 Å². The van der Waals surface area contributed by atoms with E-state index in [1.54, 1.807) is 0 Å². The first-order valence-electron chi connectivity index (χ1n) is 7.78. The molecule has 1 aromatic carbocycles. The highest BCUT2D eigenvalue weighted by Gasteiger charge is 2.27. The quantitative estimate of drug-likeness (QED) is 0.877. The summed E-state index contributed by atoms with van der Waals surface area (Å²) < 4.78 is 0. The monoisotopic (exact) mass is 310 g/mol. The molecule has 0 saturated carbocycles. The van der Waals surface area contributed by atoms with Crippen LogP contribution in [0.4, 0.5) is 0 Å². The minimum Gasteiger partial charge on any atom is -0.353 e. The predicted octanol–water partition coefficient (Wildman–Crippen LogP) is 3.11. The van der Waals surface area contributed by atoms with Crippen molar-refractivity contribution in [3.05, 3.63) is 35.9 Å². The Labute approximate surface area is 134 Å². The van der Waals surface area contributed by atoms with Gasteiger partial charge in [0.2, 0.25) is 5.91 Å². The van der Waals surface area contributed by atoms with Crippen LogP contribution in [0.3, 0.4) is 0 Å². The Morgan fingerprint density at radius 1 is 1.29 bits per heavy atom. The number of rotatable bonds is 5. The second-order valence-corrected chi connectivity index (χ2v) is 5.81. The summed E-state index contributed by atoms with van der Waals surface area (Å²) >= 11 is 0. The minimum atomic E-state index is -0.0314. The molecule has 2 unspecified atom stereocenters. The van der Waals surface area contributed by atoms with Crippen LogP contribution in [0, 0.1) is 5.92 Å². The fourth-order valence-electron chi connectivity index (χ4n) is 2.89. The molecule has 2 rings (SSSR count). The normalized spacial score (nSPS) is 18.4. The summed E-state index contributed by atoms with van der Waals surface area (Å²) in [6.07, 6.45) is 3.08. The largest absolute Gasteiger partial charge is 0.353 e. The second-order valence-electron chi connectivity index (χ2n) is 5.81. The molecule has 0 spiro atoms. The Kier molecular flexibility index (Phi) is 7.76. The van der Waals surface area contributed by atoms with Gasteiger partial charge in [-0.2, -0.15) is 0 Å². The fourth-order valence-corrected chi connectivity index (χ4v) is 2.89. The Morgan fingerprint density at radius 2 is 1.90 bits per heavy atom. The Hall–Kier alpha value is -1.06. The van der Waals surface area contributed by atoms with E-state index in [1.165, 1.54) is 0 Å². The molecule has 118 valence electrons. The Balaban J connectivity index is 0.00000220. The summed E-state index contributed by atoms with van der Waals surface area (Å²) in [6, 6.07) is 10.5. The van der Waals surface area contributed by atoms with Crippen molar-refractivity contribution >= 4 is 18.3 Å². The molecule has 4 heteroatoms. The molecule has 1 aliphatic rings. The van der Waals surface area contributed by atoms with E-state index in [9.17, 15) is 4.79 Å². The van der Waals surface area contributed by atoms with E-state index in [0.29, 0.717) is 12.0 Å². The summed E-state index contributed by atoms with van der Waals surface area (Å²) in [5.41, 5.74) is 1.13. The summed E-state index contributed by atoms with van der Waals surface area (Å²) in [7, 11) is 0. The summed E-state index contributed by atoms with van der Waals surface area (Å²) in [5.74, 6) is 0.521. The van der Waals surface area contributed by atoms with E-state index in [4.69, 9.17) is 0 Å². The molecule has 1 aromatic rings. The van der Waals surface area contributed by atoms with Crippen molar-refractivity contribution in [3.8, 4) is 0 Å². The summed E-state index contributed by atoms with van der Waals surface area (Å²) in [6.45, 7) is 6.33. The lowest BCUT2D eigenvalue weighted by Crippen LogP contribution is -2.45. The third kappa shape index (κ3) is 5.01. The molecule has 0 aliphatic carbocycles. The first-order valence-corrected chi connectivity index (χ1v) is 7.78. The van der Waals surface area contributed by atoms with Gasteiger partial charge in [0.05, 0.1) is 5.92 Å². The van der Waals surface area contributed by atoms with Gasteiger partial charge in [-0.3, -0.25) is 4.79 Å². The van der Waals surface area contributed by atoms with Crippen LogP contribution in [0.15, 0.2) is 30.3 Å². The van der Waals surface area contributed by atoms with Crippen LogP contribution in [0.25, 0.3) is 0 Å². The van der Waals surface area contributed by atoms with Crippen LogP contribution < -0.4 is 10.6 Å². The molecule has 3 nitrogen and oxygen atoms in total. The van der Waals surface area contributed by atoms with Crippen LogP contribution in [0.1, 0.15) is 44.6 Å². The molecule has 2 N–H and O–H groups in total. The minimum absolute atomic E-state index is 0. The number of benzene rings is 1. The smallest absolute Gasteiger partial charge is 0.228 e. The molecular weight excluding hydrogens is 284 g/mol. The number of carbonyl (C=O) groups excluding carboxylic acids is 1. The van der Waals surface area contributed by atoms with Crippen molar-refractivity contribution in [1.29, 1.82) is 0 Å². The van der Waals surface area contributed by atoms with Crippen molar-refractivity contribution in [2.75, 3.05) is 13.1 Å². The summed E-state index contributed by atoms with van der Waals surface area (Å²) in [5, 5.41) is 6.59. The molecule has 1 aliphatic heterocycles. The molecule has 0 radical (unpaired) electrons.